The molecule has 210 valence electrons. The number of anilines is 2. The molecule has 0 atom stereocenters. The molecular weight excluding hydrogens is 597 g/mol. The first-order valence-electron chi connectivity index (χ1n) is 12.3. The van der Waals surface area contributed by atoms with Crippen LogP contribution in [0.25, 0.3) is 21.1 Å². The van der Waals surface area contributed by atoms with Crippen LogP contribution in [0.2, 0.25) is 0 Å². The lowest BCUT2D eigenvalue weighted by Crippen LogP contribution is -2.11. The molecule has 0 fully saturated rings. The lowest BCUT2D eigenvalue weighted by atomic mass is 10.1. The molecule has 4 heterocycles. The number of amides is 2. The van der Waals surface area contributed by atoms with Crippen molar-refractivity contribution < 1.29 is 19.4 Å². The van der Waals surface area contributed by atoms with Crippen molar-refractivity contribution in [1.82, 2.24) is 9.97 Å². The fourth-order valence-corrected chi connectivity index (χ4v) is 6.88. The summed E-state index contributed by atoms with van der Waals surface area (Å²) in [5, 5.41) is 34.7. The van der Waals surface area contributed by atoms with Crippen LogP contribution in [-0.2, 0) is 9.59 Å². The molecule has 0 spiro atoms. The minimum atomic E-state index is -0.446. The minimum Gasteiger partial charge on any atom is -0.302 e. The average Bonchev–Trinajstić information content (AvgIpc) is 3.71. The number of nitrogens with one attached hydrogen (secondary N) is 2. The molecule has 2 amide bonds. The molecule has 0 aliphatic heterocycles. The summed E-state index contributed by atoms with van der Waals surface area (Å²) in [4.78, 5) is 55.3. The van der Waals surface area contributed by atoms with Crippen LogP contribution in [0.3, 0.4) is 0 Å². The molecule has 4 rings (SSSR count). The van der Waals surface area contributed by atoms with Crippen molar-refractivity contribution in [3.05, 3.63) is 53.9 Å². The summed E-state index contributed by atoms with van der Waals surface area (Å²) in [7, 11) is 0. The van der Waals surface area contributed by atoms with E-state index in [1.807, 2.05) is 0 Å². The molecule has 0 aromatic carbocycles. The number of carbonyl (C=O) groups excluding carboxylic acids is 2. The zero-order valence-corrected chi connectivity index (χ0v) is 24.3. The van der Waals surface area contributed by atoms with Crippen LogP contribution in [0.5, 0.6) is 0 Å². The van der Waals surface area contributed by atoms with Crippen molar-refractivity contribution in [2.24, 2.45) is 0 Å². The highest BCUT2D eigenvalue weighted by molar-refractivity contribution is 7.16. The van der Waals surface area contributed by atoms with Gasteiger partial charge in [-0.15, -0.1) is 45.3 Å². The second kappa shape index (κ2) is 14.2. The maximum Gasteiger partial charge on any atom is 0.280 e. The second-order valence-electron chi connectivity index (χ2n) is 8.65. The average molecular weight is 621 g/mol. The number of carbonyl (C=O) groups is 2. The van der Waals surface area contributed by atoms with Crippen LogP contribution < -0.4 is 10.6 Å². The van der Waals surface area contributed by atoms with Crippen molar-refractivity contribution in [3.8, 4) is 21.1 Å². The van der Waals surface area contributed by atoms with Crippen molar-refractivity contribution in [1.29, 1.82) is 0 Å². The lowest BCUT2D eigenvalue weighted by Gasteiger charge is -2.03. The predicted molar refractivity (Wildman–Crippen MR) is 158 cm³/mol. The van der Waals surface area contributed by atoms with E-state index in [4.69, 9.17) is 0 Å². The van der Waals surface area contributed by atoms with Crippen molar-refractivity contribution in [2.75, 3.05) is 10.6 Å². The van der Waals surface area contributed by atoms with Gasteiger partial charge in [0.05, 0.1) is 41.7 Å². The molecule has 40 heavy (non-hydrogen) atoms. The van der Waals surface area contributed by atoms with Crippen molar-refractivity contribution in [3.63, 3.8) is 0 Å². The van der Waals surface area contributed by atoms with E-state index in [0.29, 0.717) is 44.2 Å². The molecule has 0 aliphatic rings. The third kappa shape index (κ3) is 8.45. The molecule has 16 heteroatoms. The summed E-state index contributed by atoms with van der Waals surface area (Å²) < 4.78 is 0. The Morgan fingerprint density at radius 2 is 1.05 bits per heavy atom. The van der Waals surface area contributed by atoms with Crippen LogP contribution in [0.15, 0.2) is 33.7 Å². The Kier molecular flexibility index (Phi) is 10.4. The van der Waals surface area contributed by atoms with Crippen LogP contribution in [0, 0.1) is 20.2 Å². The van der Waals surface area contributed by atoms with Gasteiger partial charge in [-0.05, 0) is 12.8 Å². The first-order valence-corrected chi connectivity index (χ1v) is 15.8. The third-order valence-electron chi connectivity index (χ3n) is 5.66. The van der Waals surface area contributed by atoms with E-state index >= 15 is 0 Å². The van der Waals surface area contributed by atoms with Crippen LogP contribution in [0.4, 0.5) is 21.6 Å². The third-order valence-corrected chi connectivity index (χ3v) is 9.05. The monoisotopic (exact) mass is 620 g/mol. The summed E-state index contributed by atoms with van der Waals surface area (Å²) in [6.45, 7) is 0. The maximum atomic E-state index is 12.2. The molecule has 0 radical (unpaired) electrons. The van der Waals surface area contributed by atoms with E-state index in [1.54, 1.807) is 10.8 Å². The van der Waals surface area contributed by atoms with E-state index in [0.717, 1.165) is 38.5 Å². The van der Waals surface area contributed by atoms with E-state index in [9.17, 15) is 29.8 Å². The van der Waals surface area contributed by atoms with Crippen LogP contribution >= 0.6 is 45.3 Å². The van der Waals surface area contributed by atoms with E-state index in [2.05, 4.69) is 20.6 Å². The minimum absolute atomic E-state index is 0.0269. The van der Waals surface area contributed by atoms with Crippen molar-refractivity contribution in [2.45, 2.75) is 51.4 Å². The highest BCUT2D eigenvalue weighted by atomic mass is 32.1. The van der Waals surface area contributed by atoms with Gasteiger partial charge in [0.25, 0.3) is 11.4 Å². The van der Waals surface area contributed by atoms with Crippen molar-refractivity contribution >= 4 is 78.8 Å². The van der Waals surface area contributed by atoms with Crippen LogP contribution in [-0.4, -0.2) is 31.6 Å². The van der Waals surface area contributed by atoms with Gasteiger partial charge in [-0.1, -0.05) is 25.7 Å². The number of thiazole rings is 2. The van der Waals surface area contributed by atoms with Gasteiger partial charge in [-0.3, -0.25) is 29.8 Å². The van der Waals surface area contributed by atoms with Gasteiger partial charge in [0.1, 0.15) is 0 Å². The largest absolute Gasteiger partial charge is 0.302 e. The Morgan fingerprint density at radius 1 is 0.650 bits per heavy atom. The SMILES string of the molecule is O=C(CCCCCCCCC(=O)Nc1nc(-c2cc([N+](=O)[O-])cs2)cs1)Nc1nc(-c2cc([N+](=O)[O-])cs2)cs1. The zero-order chi connectivity index (χ0) is 28.5. The van der Waals surface area contributed by atoms with Gasteiger partial charge in [0.2, 0.25) is 11.8 Å². The second-order valence-corrected chi connectivity index (χ2v) is 12.2. The molecule has 0 aliphatic carbocycles. The van der Waals surface area contributed by atoms with Gasteiger partial charge in [0.15, 0.2) is 10.3 Å². The Morgan fingerprint density at radius 3 is 1.43 bits per heavy atom. The first kappa shape index (κ1) is 29.4. The number of hydrogen-bond acceptors (Lipinski definition) is 12. The first-order chi connectivity index (χ1) is 19.3. The molecule has 0 saturated carbocycles. The lowest BCUT2D eigenvalue weighted by molar-refractivity contribution is -0.384. The van der Waals surface area contributed by atoms with Crippen LogP contribution in [0.1, 0.15) is 51.4 Å². The molecule has 2 N–H and O–H groups in total. The Bertz CT molecular complexity index is 1380. The molecule has 12 nitrogen and oxygen atoms in total. The molecule has 0 saturated heterocycles. The molecule has 4 aromatic rings. The van der Waals surface area contributed by atoms with E-state index < -0.39 is 9.85 Å². The normalized spacial score (nSPS) is 10.9. The highest BCUT2D eigenvalue weighted by Crippen LogP contribution is 2.34. The molecule has 0 bridgehead atoms. The summed E-state index contributed by atoms with van der Waals surface area (Å²) >= 11 is 5.05. The zero-order valence-electron chi connectivity index (χ0n) is 21.0. The number of rotatable bonds is 15. The smallest absolute Gasteiger partial charge is 0.280 e. The highest BCUT2D eigenvalue weighted by Gasteiger charge is 2.15. The number of thiophene rings is 2. The Balaban J connectivity index is 1.05. The standard InChI is InChI=1S/C24H24N6O6S4/c31-21(27-23-25-17(13-39-23)19-9-15(11-37-19)29(33)34)7-5-3-1-2-4-6-8-22(32)28-24-26-18(14-40-24)20-10-16(12-38-20)30(35)36/h9-14H,1-8H2,(H,25,27,31)(H,26,28,32). The summed E-state index contributed by atoms with van der Waals surface area (Å²) in [6, 6.07) is 2.94. The fourth-order valence-electron chi connectivity index (χ4n) is 3.64. The fraction of sp³-hybridized carbons (Fsp3) is 0.333. The molecular formula is C24H24N6O6S4. The Labute approximate surface area is 244 Å². The summed E-state index contributed by atoms with van der Waals surface area (Å²) in [5.41, 5.74) is 1.27. The van der Waals surface area contributed by atoms with Gasteiger partial charge in [0, 0.05) is 35.7 Å². The summed E-state index contributed by atoms with van der Waals surface area (Å²) in [5.74, 6) is -0.227. The maximum absolute atomic E-state index is 12.2. The number of aromatic nitrogens is 2. The number of hydrogen-bond donors (Lipinski definition) is 2. The number of unbranched alkanes of at least 4 members (excludes halogenated alkanes) is 5. The number of nitro groups is 2. The predicted octanol–water partition coefficient (Wildman–Crippen LogP) is 7.57. The number of nitrogens with zero attached hydrogens (tertiary/aromatic N) is 4. The van der Waals surface area contributed by atoms with E-state index in [1.165, 1.54) is 68.2 Å². The summed E-state index contributed by atoms with van der Waals surface area (Å²) in [6.07, 6.45) is 6.02. The van der Waals surface area contributed by atoms with E-state index in [-0.39, 0.29) is 23.2 Å². The topological polar surface area (TPSA) is 170 Å². The Hall–Kier alpha value is -3.60. The van der Waals surface area contributed by atoms with Gasteiger partial charge in [-0.25, -0.2) is 9.97 Å². The van der Waals surface area contributed by atoms with Gasteiger partial charge >= 0.3 is 0 Å². The van der Waals surface area contributed by atoms with Gasteiger partial charge < -0.3 is 10.6 Å². The quantitative estimate of drug-likeness (QED) is 0.0778. The molecule has 4 aromatic heterocycles. The molecule has 0 unspecified atom stereocenters. The van der Waals surface area contributed by atoms with Gasteiger partial charge in [-0.2, -0.15) is 0 Å².